The van der Waals surface area contributed by atoms with Crippen molar-refractivity contribution in [3.8, 4) is 44.5 Å². The van der Waals surface area contributed by atoms with Crippen molar-refractivity contribution in [3.63, 3.8) is 0 Å². The van der Waals surface area contributed by atoms with E-state index in [9.17, 15) is 0 Å². The average Bonchev–Trinajstić information content (AvgIpc) is 3.79. The van der Waals surface area contributed by atoms with Crippen LogP contribution in [0.25, 0.3) is 110 Å². The van der Waals surface area contributed by atoms with Crippen molar-refractivity contribution in [2.24, 2.45) is 0 Å². The van der Waals surface area contributed by atoms with Gasteiger partial charge < -0.3 is 9.32 Å². The van der Waals surface area contributed by atoms with E-state index >= 15 is 0 Å². The van der Waals surface area contributed by atoms with E-state index in [0.717, 1.165) is 66.6 Å². The molecule has 0 unspecified atom stereocenters. The first-order chi connectivity index (χ1) is 32.7. The van der Waals surface area contributed by atoms with Gasteiger partial charge in [-0.1, -0.05) is 206 Å². The van der Waals surface area contributed by atoms with Crippen LogP contribution in [0.1, 0.15) is 0 Å². The van der Waals surface area contributed by atoms with Crippen LogP contribution in [0.15, 0.2) is 253 Å². The molecular formula is C64H41NO. The third-order valence-electron chi connectivity index (χ3n) is 13.4. The number of hydrogen-bond acceptors (Lipinski definition) is 2. The molecule has 13 aromatic rings. The molecule has 0 aliphatic carbocycles. The fourth-order valence-corrected chi connectivity index (χ4v) is 10.2. The maximum absolute atomic E-state index is 7.26. The van der Waals surface area contributed by atoms with E-state index in [1.807, 2.05) is 0 Å². The summed E-state index contributed by atoms with van der Waals surface area (Å²) in [6.45, 7) is 0. The minimum atomic E-state index is 0.849. The van der Waals surface area contributed by atoms with Crippen molar-refractivity contribution < 1.29 is 4.42 Å². The number of para-hydroxylation sites is 2. The van der Waals surface area contributed by atoms with Gasteiger partial charge in [0.05, 0.1) is 11.4 Å². The molecule has 0 radical (unpaired) electrons. The third kappa shape index (κ3) is 6.34. The molecule has 13 rings (SSSR count). The molecule has 12 aromatic carbocycles. The van der Waals surface area contributed by atoms with Gasteiger partial charge in [-0.3, -0.25) is 0 Å². The quantitative estimate of drug-likeness (QED) is 0.159. The molecule has 0 atom stereocenters. The maximum atomic E-state index is 7.26. The highest BCUT2D eigenvalue weighted by Crippen LogP contribution is 2.49. The molecule has 0 bridgehead atoms. The zero-order valence-corrected chi connectivity index (χ0v) is 36.0. The fourth-order valence-electron chi connectivity index (χ4n) is 10.2. The van der Waals surface area contributed by atoms with Crippen LogP contribution in [-0.4, -0.2) is 0 Å². The Kier molecular flexibility index (Phi) is 8.89. The number of furan rings is 1. The molecule has 308 valence electrons. The number of hydrogen-bond donors (Lipinski definition) is 0. The Balaban J connectivity index is 0.987. The highest BCUT2D eigenvalue weighted by atomic mass is 16.3. The molecule has 0 N–H and O–H groups in total. The van der Waals surface area contributed by atoms with Crippen molar-refractivity contribution in [3.05, 3.63) is 249 Å². The summed E-state index contributed by atoms with van der Waals surface area (Å²) in [5.74, 6) is 0. The van der Waals surface area contributed by atoms with Gasteiger partial charge in [0.1, 0.15) is 5.58 Å². The maximum Gasteiger partial charge on any atom is 0.160 e. The summed E-state index contributed by atoms with van der Waals surface area (Å²) < 4.78 is 7.26. The van der Waals surface area contributed by atoms with Crippen molar-refractivity contribution in [2.45, 2.75) is 0 Å². The Labute approximate surface area is 382 Å². The van der Waals surface area contributed by atoms with E-state index < -0.39 is 0 Å². The molecule has 0 aliphatic rings. The zero-order valence-electron chi connectivity index (χ0n) is 36.0. The van der Waals surface area contributed by atoms with Gasteiger partial charge >= 0.3 is 0 Å². The minimum absolute atomic E-state index is 0.849. The first-order valence-electron chi connectivity index (χ1n) is 22.7. The number of anilines is 3. The highest BCUT2D eigenvalue weighted by molar-refractivity contribution is 6.24. The Bertz CT molecular complexity index is 3990. The van der Waals surface area contributed by atoms with Crippen molar-refractivity contribution in [1.29, 1.82) is 0 Å². The van der Waals surface area contributed by atoms with Gasteiger partial charge in [-0.2, -0.15) is 0 Å². The van der Waals surface area contributed by atoms with Gasteiger partial charge in [0.15, 0.2) is 5.58 Å². The topological polar surface area (TPSA) is 16.4 Å². The average molecular weight is 840 g/mol. The van der Waals surface area contributed by atoms with Crippen LogP contribution in [-0.2, 0) is 0 Å². The second-order valence-corrected chi connectivity index (χ2v) is 17.2. The van der Waals surface area contributed by atoms with E-state index in [0.29, 0.717) is 0 Å². The van der Waals surface area contributed by atoms with Crippen LogP contribution in [0.3, 0.4) is 0 Å². The number of fused-ring (bicyclic) bond motifs is 8. The molecular weight excluding hydrogens is 799 g/mol. The van der Waals surface area contributed by atoms with Crippen LogP contribution in [0.2, 0.25) is 0 Å². The van der Waals surface area contributed by atoms with Crippen LogP contribution < -0.4 is 4.90 Å². The lowest BCUT2D eigenvalue weighted by molar-refractivity contribution is 0.670. The first kappa shape index (κ1) is 37.8. The molecule has 1 aromatic heterocycles. The summed E-state index contributed by atoms with van der Waals surface area (Å²) in [6.07, 6.45) is 0. The van der Waals surface area contributed by atoms with E-state index in [1.165, 1.54) is 60.0 Å². The molecule has 0 saturated carbocycles. The lowest BCUT2D eigenvalue weighted by Gasteiger charge is -2.29. The minimum Gasteiger partial charge on any atom is -0.453 e. The molecule has 1 heterocycles. The summed E-state index contributed by atoms with van der Waals surface area (Å²) in [6, 6.07) is 90.2. The Hall–Kier alpha value is -8.72. The van der Waals surface area contributed by atoms with E-state index in [1.54, 1.807) is 0 Å². The second kappa shape index (κ2) is 15.5. The molecule has 2 nitrogen and oxygen atoms in total. The monoisotopic (exact) mass is 839 g/mol. The van der Waals surface area contributed by atoms with E-state index in [4.69, 9.17) is 4.42 Å². The van der Waals surface area contributed by atoms with Crippen LogP contribution in [0, 0.1) is 0 Å². The smallest absolute Gasteiger partial charge is 0.160 e. The molecule has 0 saturated heterocycles. The van der Waals surface area contributed by atoms with Gasteiger partial charge in [0, 0.05) is 27.6 Å². The third-order valence-corrected chi connectivity index (χ3v) is 13.4. The number of nitrogens with zero attached hydrogens (tertiary/aromatic N) is 1. The Morgan fingerprint density at radius 2 is 0.773 bits per heavy atom. The van der Waals surface area contributed by atoms with Crippen molar-refractivity contribution in [2.75, 3.05) is 4.90 Å². The Morgan fingerprint density at radius 3 is 1.55 bits per heavy atom. The van der Waals surface area contributed by atoms with Crippen LogP contribution in [0.5, 0.6) is 0 Å². The van der Waals surface area contributed by atoms with Crippen LogP contribution >= 0.6 is 0 Å². The van der Waals surface area contributed by atoms with Gasteiger partial charge in [-0.15, -0.1) is 0 Å². The second-order valence-electron chi connectivity index (χ2n) is 17.2. The summed E-state index contributed by atoms with van der Waals surface area (Å²) in [5, 5.41) is 11.9. The normalized spacial score (nSPS) is 11.6. The highest BCUT2D eigenvalue weighted by Gasteiger charge is 2.25. The number of rotatable bonds is 7. The van der Waals surface area contributed by atoms with Crippen molar-refractivity contribution >= 4 is 82.1 Å². The van der Waals surface area contributed by atoms with Crippen LogP contribution in [0.4, 0.5) is 17.1 Å². The standard InChI is InChI=1S/C64H41NO/c1-2-15-45(16-3-1)56-24-13-26-59-62-55-22-9-7-19-52(55)41-61(64(62)66-63(56)59)65(60-27-11-10-23-58(60)57-25-12-20-44-17-6-8-21-54(44)57)53-36-34-43(35-37-53)47-30-31-50-40-51(33-32-49(50)39-47)48-29-28-42-14-4-5-18-46(42)38-48/h1-41H. The lowest BCUT2D eigenvalue weighted by Crippen LogP contribution is -2.11. The molecule has 2 heteroatoms. The van der Waals surface area contributed by atoms with Gasteiger partial charge in [-0.25, -0.2) is 0 Å². The first-order valence-corrected chi connectivity index (χ1v) is 22.7. The van der Waals surface area contributed by atoms with E-state index in [-0.39, 0.29) is 0 Å². The molecule has 0 amide bonds. The SMILES string of the molecule is c1ccc(-c2cccc3c2oc2c(N(c4ccc(-c5ccc6cc(-c7ccc8ccccc8c7)ccc6c5)cc4)c4ccccc4-c4cccc5ccccc45)cc4ccccc4c23)cc1. The zero-order chi connectivity index (χ0) is 43.6. The summed E-state index contributed by atoms with van der Waals surface area (Å²) >= 11 is 0. The van der Waals surface area contributed by atoms with Gasteiger partial charge in [0.2, 0.25) is 0 Å². The predicted octanol–water partition coefficient (Wildman–Crippen LogP) is 18.3. The van der Waals surface area contributed by atoms with E-state index in [2.05, 4.69) is 254 Å². The molecule has 0 fully saturated rings. The Morgan fingerprint density at radius 1 is 0.258 bits per heavy atom. The summed E-state index contributed by atoms with van der Waals surface area (Å²) in [4.78, 5) is 2.41. The molecule has 66 heavy (non-hydrogen) atoms. The summed E-state index contributed by atoms with van der Waals surface area (Å²) in [5.41, 5.74) is 14.1. The summed E-state index contributed by atoms with van der Waals surface area (Å²) in [7, 11) is 0. The molecule has 0 spiro atoms. The van der Waals surface area contributed by atoms with Crippen molar-refractivity contribution in [1.82, 2.24) is 0 Å². The largest absolute Gasteiger partial charge is 0.453 e. The number of benzene rings is 12. The molecule has 0 aliphatic heterocycles. The van der Waals surface area contributed by atoms with Gasteiger partial charge in [0.25, 0.3) is 0 Å². The predicted molar refractivity (Wildman–Crippen MR) is 280 cm³/mol. The fraction of sp³-hybridized carbons (Fsp3) is 0. The van der Waals surface area contributed by atoms with Gasteiger partial charge in [-0.05, 0) is 119 Å². The lowest BCUT2D eigenvalue weighted by atomic mass is 9.95.